The Balaban J connectivity index is 0.000000237. The highest BCUT2D eigenvalue weighted by Gasteiger charge is 2.17. The molecule has 1 aromatic heterocycles. The summed E-state index contributed by atoms with van der Waals surface area (Å²) >= 11 is 6.40. The Labute approximate surface area is 179 Å². The minimum atomic E-state index is -0.937. The van der Waals surface area contributed by atoms with Crippen molar-refractivity contribution >= 4 is 28.5 Å². The second-order valence-corrected chi connectivity index (χ2v) is 7.96. The molecule has 1 aliphatic rings. The van der Waals surface area contributed by atoms with Gasteiger partial charge in [-0.2, -0.15) is 0 Å². The number of aryl methyl sites for hydroxylation is 1. The molecular weight excluding hydrogens is 386 g/mol. The van der Waals surface area contributed by atoms with E-state index in [1.807, 2.05) is 0 Å². The molecule has 6 heteroatoms. The maximum Gasteiger partial charge on any atom is 0.335 e. The molecular formula is C23H34ClN3O2. The van der Waals surface area contributed by atoms with Crippen LogP contribution in [-0.2, 0) is 12.8 Å². The largest absolute Gasteiger partial charge is 0.478 e. The average molecular weight is 420 g/mol. The van der Waals surface area contributed by atoms with E-state index >= 15 is 0 Å². The number of nitrogens with two attached hydrogens (primary N) is 1. The van der Waals surface area contributed by atoms with Crippen LogP contribution in [0.4, 0.5) is 0 Å². The van der Waals surface area contributed by atoms with Crippen molar-refractivity contribution in [1.82, 2.24) is 9.88 Å². The number of carboxylic acid groups (broad SMARTS) is 1. The van der Waals surface area contributed by atoms with Crippen molar-refractivity contribution in [2.45, 2.75) is 58.8 Å². The quantitative estimate of drug-likeness (QED) is 0.634. The number of fused-ring (bicyclic) bond motifs is 2. The smallest absolute Gasteiger partial charge is 0.335 e. The zero-order valence-corrected chi connectivity index (χ0v) is 18.5. The Hall–Kier alpha value is -1.69. The lowest BCUT2D eigenvalue weighted by Crippen LogP contribution is -2.27. The normalized spacial score (nSPS) is 13.1. The Morgan fingerprint density at radius 1 is 1.17 bits per heavy atom. The van der Waals surface area contributed by atoms with Crippen LogP contribution >= 0.6 is 11.6 Å². The van der Waals surface area contributed by atoms with Crippen molar-refractivity contribution in [3.63, 3.8) is 0 Å². The molecule has 0 saturated carbocycles. The SMILES string of the molecule is CCCN(CCC)CCCN.O=C(O)c1ccc2c(Cl)c3c(nc2c1)CCCC3. The number of pyridine rings is 1. The molecule has 0 saturated heterocycles. The van der Waals surface area contributed by atoms with Crippen molar-refractivity contribution in [2.24, 2.45) is 5.73 Å². The van der Waals surface area contributed by atoms with Gasteiger partial charge in [-0.05, 0) is 88.8 Å². The van der Waals surface area contributed by atoms with E-state index in [4.69, 9.17) is 22.4 Å². The number of hydrogen-bond acceptors (Lipinski definition) is 4. The van der Waals surface area contributed by atoms with Gasteiger partial charge in [0.1, 0.15) is 0 Å². The number of rotatable bonds is 8. The first-order valence-corrected chi connectivity index (χ1v) is 11.2. The van der Waals surface area contributed by atoms with Gasteiger partial charge in [-0.3, -0.25) is 4.98 Å². The van der Waals surface area contributed by atoms with Crippen molar-refractivity contribution in [3.05, 3.63) is 40.0 Å². The monoisotopic (exact) mass is 419 g/mol. The van der Waals surface area contributed by atoms with Crippen molar-refractivity contribution in [2.75, 3.05) is 26.2 Å². The van der Waals surface area contributed by atoms with Crippen LogP contribution < -0.4 is 5.73 Å². The minimum absolute atomic E-state index is 0.252. The van der Waals surface area contributed by atoms with E-state index in [2.05, 4.69) is 23.7 Å². The first-order chi connectivity index (χ1) is 14.0. The summed E-state index contributed by atoms with van der Waals surface area (Å²) in [5.41, 5.74) is 8.54. The fourth-order valence-corrected chi connectivity index (χ4v) is 4.15. The zero-order valence-electron chi connectivity index (χ0n) is 17.7. The number of hydrogen-bond donors (Lipinski definition) is 2. The molecule has 3 rings (SSSR count). The summed E-state index contributed by atoms with van der Waals surface area (Å²) < 4.78 is 0. The first-order valence-electron chi connectivity index (χ1n) is 10.8. The van der Waals surface area contributed by atoms with Gasteiger partial charge in [-0.1, -0.05) is 31.5 Å². The lowest BCUT2D eigenvalue weighted by atomic mass is 9.94. The third-order valence-electron chi connectivity index (χ3n) is 5.20. The van der Waals surface area contributed by atoms with E-state index in [0.29, 0.717) is 5.52 Å². The van der Waals surface area contributed by atoms with Gasteiger partial charge in [0.25, 0.3) is 0 Å². The van der Waals surface area contributed by atoms with Gasteiger partial charge >= 0.3 is 5.97 Å². The van der Waals surface area contributed by atoms with Crippen LogP contribution in [0.15, 0.2) is 18.2 Å². The topological polar surface area (TPSA) is 79.5 Å². The Morgan fingerprint density at radius 2 is 1.86 bits per heavy atom. The van der Waals surface area contributed by atoms with Crippen LogP contribution in [0.1, 0.15) is 67.6 Å². The van der Waals surface area contributed by atoms with E-state index in [-0.39, 0.29) is 5.56 Å². The highest BCUT2D eigenvalue weighted by Crippen LogP contribution is 2.33. The van der Waals surface area contributed by atoms with Gasteiger partial charge in [0.15, 0.2) is 0 Å². The molecule has 2 aromatic rings. The molecule has 5 nitrogen and oxygen atoms in total. The average Bonchev–Trinajstić information content (AvgIpc) is 2.72. The van der Waals surface area contributed by atoms with Gasteiger partial charge in [-0.25, -0.2) is 4.79 Å². The molecule has 29 heavy (non-hydrogen) atoms. The first kappa shape index (κ1) is 23.6. The van der Waals surface area contributed by atoms with Gasteiger partial charge in [0, 0.05) is 11.1 Å². The maximum absolute atomic E-state index is 11.0. The van der Waals surface area contributed by atoms with Crippen LogP contribution in [0.3, 0.4) is 0 Å². The van der Waals surface area contributed by atoms with Crippen LogP contribution in [0.25, 0.3) is 10.9 Å². The van der Waals surface area contributed by atoms with Crippen LogP contribution in [0, 0.1) is 0 Å². The molecule has 0 radical (unpaired) electrons. The third kappa shape index (κ3) is 6.66. The number of carbonyl (C=O) groups is 1. The molecule has 0 spiro atoms. The third-order valence-corrected chi connectivity index (χ3v) is 5.63. The van der Waals surface area contributed by atoms with Crippen molar-refractivity contribution < 1.29 is 9.90 Å². The van der Waals surface area contributed by atoms with Gasteiger partial charge in [-0.15, -0.1) is 0 Å². The number of aromatic carboxylic acids is 1. The summed E-state index contributed by atoms with van der Waals surface area (Å²) in [5.74, 6) is -0.937. The molecule has 0 amide bonds. The maximum atomic E-state index is 11.0. The summed E-state index contributed by atoms with van der Waals surface area (Å²) in [5, 5.41) is 10.6. The Bertz CT molecular complexity index is 804. The molecule has 1 aliphatic carbocycles. The van der Waals surface area contributed by atoms with Crippen molar-refractivity contribution in [1.29, 1.82) is 0 Å². The zero-order chi connectivity index (χ0) is 21.2. The molecule has 160 valence electrons. The van der Waals surface area contributed by atoms with E-state index in [9.17, 15) is 4.79 Å². The number of aromatic nitrogens is 1. The minimum Gasteiger partial charge on any atom is -0.478 e. The molecule has 1 heterocycles. The summed E-state index contributed by atoms with van der Waals surface area (Å²) in [6.07, 6.45) is 7.82. The second-order valence-electron chi connectivity index (χ2n) is 7.58. The number of carboxylic acids is 1. The Morgan fingerprint density at radius 3 is 2.48 bits per heavy atom. The van der Waals surface area contributed by atoms with Crippen LogP contribution in [-0.4, -0.2) is 47.1 Å². The molecule has 0 bridgehead atoms. The molecule has 0 unspecified atom stereocenters. The number of nitrogens with zero attached hydrogens (tertiary/aromatic N) is 2. The predicted octanol–water partition coefficient (Wildman–Crippen LogP) is 4.92. The lowest BCUT2D eigenvalue weighted by molar-refractivity contribution is 0.0697. The fourth-order valence-electron chi connectivity index (χ4n) is 3.78. The van der Waals surface area contributed by atoms with E-state index in [1.165, 1.54) is 32.5 Å². The fraction of sp³-hybridized carbons (Fsp3) is 0.565. The van der Waals surface area contributed by atoms with E-state index in [0.717, 1.165) is 60.3 Å². The summed E-state index contributed by atoms with van der Waals surface area (Å²) in [7, 11) is 0. The lowest BCUT2D eigenvalue weighted by Gasteiger charge is -2.19. The van der Waals surface area contributed by atoms with Gasteiger partial charge in [0.05, 0.1) is 16.1 Å². The molecule has 0 atom stereocenters. The van der Waals surface area contributed by atoms with Crippen LogP contribution in [0.5, 0.6) is 0 Å². The number of halogens is 1. The molecule has 3 N–H and O–H groups in total. The molecule has 1 aromatic carbocycles. The predicted molar refractivity (Wildman–Crippen MR) is 121 cm³/mol. The number of benzene rings is 1. The van der Waals surface area contributed by atoms with E-state index in [1.54, 1.807) is 18.2 Å². The molecule has 0 aliphatic heterocycles. The van der Waals surface area contributed by atoms with E-state index < -0.39 is 5.97 Å². The van der Waals surface area contributed by atoms with Gasteiger partial charge < -0.3 is 15.7 Å². The summed E-state index contributed by atoms with van der Waals surface area (Å²) in [4.78, 5) is 18.0. The summed E-state index contributed by atoms with van der Waals surface area (Å²) in [6.45, 7) is 8.92. The standard InChI is InChI=1S/C14H12ClNO2.C9H22N2/c15-13-9-3-1-2-4-11(9)16-12-7-8(14(17)18)5-6-10(12)13;1-3-7-11(8-4-2)9-5-6-10/h5-7H,1-4H2,(H,17,18);3-10H2,1-2H3. The van der Waals surface area contributed by atoms with Gasteiger partial charge in [0.2, 0.25) is 0 Å². The highest BCUT2D eigenvalue weighted by atomic mass is 35.5. The van der Waals surface area contributed by atoms with Crippen molar-refractivity contribution in [3.8, 4) is 0 Å². The molecule has 0 fully saturated rings. The van der Waals surface area contributed by atoms with Crippen LogP contribution in [0.2, 0.25) is 5.02 Å². The summed E-state index contributed by atoms with van der Waals surface area (Å²) in [6, 6.07) is 4.93. The highest BCUT2D eigenvalue weighted by molar-refractivity contribution is 6.36. The second kappa shape index (κ2) is 12.1. The Kier molecular flexibility index (Phi) is 9.85.